The number of carboxylic acid groups (broad SMARTS) is 2. The lowest BCUT2D eigenvalue weighted by molar-refractivity contribution is 0.0696. The van der Waals surface area contributed by atoms with Crippen molar-refractivity contribution in [1.29, 1.82) is 0 Å². The standard InChI is InChI=1S/C11H7FN4O4/c12-10-13-4-14-11(16-10)15-7-2-1-5(8(17)18)3-6(7)9(19)20/h1-4H,(H,17,18)(H,19,20)(H,13,14,15,16). The maximum atomic E-state index is 12.8. The van der Waals surface area contributed by atoms with Crippen LogP contribution in [0.5, 0.6) is 0 Å². The quantitative estimate of drug-likeness (QED) is 0.760. The van der Waals surface area contributed by atoms with Gasteiger partial charge in [-0.25, -0.2) is 14.6 Å². The highest BCUT2D eigenvalue weighted by molar-refractivity contribution is 5.98. The van der Waals surface area contributed by atoms with E-state index in [4.69, 9.17) is 10.2 Å². The van der Waals surface area contributed by atoms with Crippen molar-refractivity contribution in [1.82, 2.24) is 15.0 Å². The molecule has 0 aliphatic rings. The summed E-state index contributed by atoms with van der Waals surface area (Å²) in [6.45, 7) is 0. The fourth-order valence-electron chi connectivity index (χ4n) is 1.42. The number of aromatic nitrogens is 3. The summed E-state index contributed by atoms with van der Waals surface area (Å²) in [7, 11) is 0. The average Bonchev–Trinajstić information content (AvgIpc) is 2.38. The molecular formula is C11H7FN4O4. The van der Waals surface area contributed by atoms with Gasteiger partial charge in [-0.05, 0) is 18.2 Å². The Bertz CT molecular complexity index is 692. The molecular weight excluding hydrogens is 271 g/mol. The van der Waals surface area contributed by atoms with Crippen LogP contribution in [0.4, 0.5) is 16.0 Å². The highest BCUT2D eigenvalue weighted by Gasteiger charge is 2.15. The van der Waals surface area contributed by atoms with E-state index in [1.807, 2.05) is 0 Å². The molecule has 0 saturated heterocycles. The molecule has 102 valence electrons. The van der Waals surface area contributed by atoms with Crippen molar-refractivity contribution in [3.63, 3.8) is 0 Å². The summed E-state index contributed by atoms with van der Waals surface area (Å²) < 4.78 is 12.8. The van der Waals surface area contributed by atoms with Crippen molar-refractivity contribution in [2.45, 2.75) is 0 Å². The number of carbonyl (C=O) groups is 2. The Morgan fingerprint density at radius 1 is 1.15 bits per heavy atom. The first-order valence-corrected chi connectivity index (χ1v) is 5.19. The predicted molar refractivity (Wildman–Crippen MR) is 63.4 cm³/mol. The van der Waals surface area contributed by atoms with Crippen LogP contribution in [0.3, 0.4) is 0 Å². The van der Waals surface area contributed by atoms with Gasteiger partial charge in [0.15, 0.2) is 0 Å². The summed E-state index contributed by atoms with van der Waals surface area (Å²) in [5, 5.41) is 20.3. The normalized spacial score (nSPS) is 10.1. The largest absolute Gasteiger partial charge is 0.478 e. The number of aromatic carboxylic acids is 2. The minimum absolute atomic E-state index is 0.0353. The van der Waals surface area contributed by atoms with Crippen LogP contribution in [0.25, 0.3) is 0 Å². The van der Waals surface area contributed by atoms with Crippen molar-refractivity contribution < 1.29 is 24.2 Å². The number of nitrogens with one attached hydrogen (secondary N) is 1. The number of rotatable bonds is 4. The number of anilines is 2. The van der Waals surface area contributed by atoms with Crippen LogP contribution in [0.15, 0.2) is 24.5 Å². The van der Waals surface area contributed by atoms with E-state index in [9.17, 15) is 14.0 Å². The van der Waals surface area contributed by atoms with E-state index in [0.29, 0.717) is 0 Å². The van der Waals surface area contributed by atoms with Crippen LogP contribution in [0.2, 0.25) is 0 Å². The second-order valence-electron chi connectivity index (χ2n) is 3.57. The minimum atomic E-state index is -1.34. The molecule has 3 N–H and O–H groups in total. The van der Waals surface area contributed by atoms with Crippen molar-refractivity contribution in [3.05, 3.63) is 41.7 Å². The molecule has 0 fully saturated rings. The third-order valence-corrected chi connectivity index (χ3v) is 2.29. The van der Waals surface area contributed by atoms with Gasteiger partial charge in [-0.15, -0.1) is 0 Å². The molecule has 0 atom stereocenters. The van der Waals surface area contributed by atoms with Crippen molar-refractivity contribution in [3.8, 4) is 0 Å². The number of hydrogen-bond acceptors (Lipinski definition) is 6. The molecule has 0 amide bonds. The van der Waals surface area contributed by atoms with Crippen molar-refractivity contribution in [2.75, 3.05) is 5.32 Å². The Balaban J connectivity index is 2.41. The molecule has 8 nitrogen and oxygen atoms in total. The molecule has 0 radical (unpaired) electrons. The van der Waals surface area contributed by atoms with Gasteiger partial charge in [0.1, 0.15) is 6.33 Å². The average molecular weight is 278 g/mol. The van der Waals surface area contributed by atoms with E-state index in [1.165, 1.54) is 12.1 Å². The monoisotopic (exact) mass is 278 g/mol. The van der Waals surface area contributed by atoms with E-state index in [0.717, 1.165) is 12.4 Å². The van der Waals surface area contributed by atoms with Crippen LogP contribution in [0.1, 0.15) is 20.7 Å². The molecule has 2 rings (SSSR count). The third-order valence-electron chi connectivity index (χ3n) is 2.29. The second-order valence-corrected chi connectivity index (χ2v) is 3.57. The molecule has 0 bridgehead atoms. The predicted octanol–water partition coefficient (Wildman–Crippen LogP) is 1.15. The molecule has 0 saturated carbocycles. The van der Waals surface area contributed by atoms with Gasteiger partial charge in [-0.3, -0.25) is 0 Å². The SMILES string of the molecule is O=C(O)c1ccc(Nc2ncnc(F)n2)c(C(=O)O)c1. The van der Waals surface area contributed by atoms with Gasteiger partial charge in [0.25, 0.3) is 0 Å². The number of carboxylic acids is 2. The minimum Gasteiger partial charge on any atom is -0.478 e. The first-order valence-electron chi connectivity index (χ1n) is 5.19. The second kappa shape index (κ2) is 5.26. The van der Waals surface area contributed by atoms with E-state index in [2.05, 4.69) is 20.3 Å². The summed E-state index contributed by atoms with van der Waals surface area (Å²) in [5.41, 5.74) is -0.450. The molecule has 0 unspecified atom stereocenters. The Morgan fingerprint density at radius 3 is 2.50 bits per heavy atom. The topological polar surface area (TPSA) is 125 Å². The van der Waals surface area contributed by atoms with Gasteiger partial charge >= 0.3 is 18.0 Å². The third kappa shape index (κ3) is 2.83. The molecule has 1 aromatic heterocycles. The first-order chi connectivity index (χ1) is 9.47. The molecule has 1 aromatic carbocycles. The van der Waals surface area contributed by atoms with E-state index in [1.54, 1.807) is 0 Å². The maximum absolute atomic E-state index is 12.8. The summed E-state index contributed by atoms with van der Waals surface area (Å²) in [4.78, 5) is 32.0. The van der Waals surface area contributed by atoms with Gasteiger partial charge in [-0.2, -0.15) is 14.4 Å². The van der Waals surface area contributed by atoms with Gasteiger partial charge < -0.3 is 15.5 Å². The van der Waals surface area contributed by atoms with Gasteiger partial charge in [-0.1, -0.05) is 0 Å². The highest BCUT2D eigenvalue weighted by Crippen LogP contribution is 2.20. The molecule has 2 aromatic rings. The van der Waals surface area contributed by atoms with E-state index < -0.39 is 18.0 Å². The van der Waals surface area contributed by atoms with Gasteiger partial charge in [0.05, 0.1) is 16.8 Å². The Labute approximate surface area is 111 Å². The summed E-state index contributed by atoms with van der Waals surface area (Å²) in [6.07, 6.45) is -0.113. The van der Waals surface area contributed by atoms with Crippen LogP contribution >= 0.6 is 0 Å². The summed E-state index contributed by atoms with van der Waals surface area (Å²) in [6, 6.07) is 3.41. The summed E-state index contributed by atoms with van der Waals surface area (Å²) in [5.74, 6) is -2.79. The fourth-order valence-corrected chi connectivity index (χ4v) is 1.42. The zero-order valence-electron chi connectivity index (χ0n) is 9.74. The lowest BCUT2D eigenvalue weighted by Crippen LogP contribution is -2.08. The van der Waals surface area contributed by atoms with E-state index in [-0.39, 0.29) is 22.8 Å². The summed E-state index contributed by atoms with van der Waals surface area (Å²) >= 11 is 0. The van der Waals surface area contributed by atoms with Gasteiger partial charge in [0.2, 0.25) is 5.95 Å². The Hall–Kier alpha value is -3.10. The molecule has 0 aliphatic heterocycles. The maximum Gasteiger partial charge on any atom is 0.337 e. The molecule has 0 aliphatic carbocycles. The number of nitrogens with zero attached hydrogens (tertiary/aromatic N) is 3. The number of hydrogen-bond donors (Lipinski definition) is 3. The van der Waals surface area contributed by atoms with Crippen LogP contribution in [0, 0.1) is 6.08 Å². The molecule has 20 heavy (non-hydrogen) atoms. The molecule has 0 spiro atoms. The van der Waals surface area contributed by atoms with Crippen molar-refractivity contribution >= 4 is 23.6 Å². The zero-order chi connectivity index (χ0) is 14.7. The number of benzene rings is 1. The first kappa shape index (κ1) is 13.3. The lowest BCUT2D eigenvalue weighted by atomic mass is 10.1. The van der Waals surface area contributed by atoms with Crippen LogP contribution < -0.4 is 5.32 Å². The smallest absolute Gasteiger partial charge is 0.337 e. The fraction of sp³-hybridized carbons (Fsp3) is 0. The lowest BCUT2D eigenvalue weighted by Gasteiger charge is -2.08. The van der Waals surface area contributed by atoms with E-state index >= 15 is 0 Å². The molecule has 9 heteroatoms. The Morgan fingerprint density at radius 2 is 1.90 bits per heavy atom. The van der Waals surface area contributed by atoms with Crippen LogP contribution in [-0.4, -0.2) is 37.1 Å². The highest BCUT2D eigenvalue weighted by atomic mass is 19.1. The Kier molecular flexibility index (Phi) is 3.51. The zero-order valence-corrected chi connectivity index (χ0v) is 9.74. The van der Waals surface area contributed by atoms with Crippen molar-refractivity contribution in [2.24, 2.45) is 0 Å². The number of halogens is 1. The van der Waals surface area contributed by atoms with Gasteiger partial charge in [0, 0.05) is 0 Å². The van der Waals surface area contributed by atoms with Crippen LogP contribution in [-0.2, 0) is 0 Å². The molecule has 1 heterocycles.